The van der Waals surface area contributed by atoms with E-state index in [1.165, 1.54) is 0 Å². The van der Waals surface area contributed by atoms with Crippen LogP contribution in [0, 0.1) is 0 Å². The van der Waals surface area contributed by atoms with Gasteiger partial charge in [-0.05, 0) is 57.4 Å². The number of pyridine rings is 1. The van der Waals surface area contributed by atoms with Crippen LogP contribution in [0.3, 0.4) is 0 Å². The molecule has 2 aromatic heterocycles. The molecule has 0 unspecified atom stereocenters. The number of fused-ring (bicyclic) bond motifs is 7. The van der Waals surface area contributed by atoms with Crippen molar-refractivity contribution in [1.29, 1.82) is 0 Å². The van der Waals surface area contributed by atoms with Gasteiger partial charge in [-0.3, -0.25) is 0 Å². The largest absolute Gasteiger partial charge is 0.494 e. The monoisotopic (exact) mass is 471 g/mol. The lowest BCUT2D eigenvalue weighted by Gasteiger charge is -2.32. The van der Waals surface area contributed by atoms with Gasteiger partial charge in [0.25, 0.3) is 0 Å². The zero-order valence-electron chi connectivity index (χ0n) is 20.8. The average molecular weight is 471 g/mol. The maximum Gasteiger partial charge on any atom is 0.494 e. The summed E-state index contributed by atoms with van der Waals surface area (Å²) in [7, 11) is -0.442. The average Bonchev–Trinajstić information content (AvgIpc) is 3.36. The first kappa shape index (κ1) is 21.6. The van der Waals surface area contributed by atoms with Crippen LogP contribution < -0.4 is 5.46 Å². The van der Waals surface area contributed by atoms with E-state index in [-0.39, 0.29) is 0 Å². The smallest absolute Gasteiger partial charge is 0.456 e. The van der Waals surface area contributed by atoms with E-state index in [9.17, 15) is 0 Å². The Hall–Kier alpha value is -3.67. The number of hydrogen-bond acceptors (Lipinski definition) is 4. The van der Waals surface area contributed by atoms with Gasteiger partial charge in [0, 0.05) is 32.5 Å². The third-order valence-electron chi connectivity index (χ3n) is 7.89. The van der Waals surface area contributed by atoms with Crippen molar-refractivity contribution in [3.05, 3.63) is 84.9 Å². The minimum absolute atomic E-state index is 0.402. The molecule has 4 aromatic carbocycles. The number of para-hydroxylation sites is 1. The minimum atomic E-state index is -0.442. The van der Waals surface area contributed by atoms with Gasteiger partial charge >= 0.3 is 7.12 Å². The summed E-state index contributed by atoms with van der Waals surface area (Å²) in [6.07, 6.45) is 0. The number of aromatic nitrogens is 1. The van der Waals surface area contributed by atoms with Crippen LogP contribution in [0.5, 0.6) is 0 Å². The summed E-state index contributed by atoms with van der Waals surface area (Å²) in [4.78, 5) is 5.21. The zero-order valence-corrected chi connectivity index (χ0v) is 20.8. The van der Waals surface area contributed by atoms with Gasteiger partial charge in [-0.2, -0.15) is 0 Å². The summed E-state index contributed by atoms with van der Waals surface area (Å²) < 4.78 is 18.9. The summed E-state index contributed by atoms with van der Waals surface area (Å²) in [5, 5.41) is 5.58. The fourth-order valence-electron chi connectivity index (χ4n) is 5.27. The third-order valence-corrected chi connectivity index (χ3v) is 7.89. The predicted octanol–water partition coefficient (Wildman–Crippen LogP) is 7.25. The molecule has 1 saturated heterocycles. The molecule has 0 saturated carbocycles. The van der Waals surface area contributed by atoms with Gasteiger partial charge in [0.1, 0.15) is 11.2 Å². The van der Waals surface area contributed by atoms with Crippen LogP contribution in [0.15, 0.2) is 89.3 Å². The lowest BCUT2D eigenvalue weighted by molar-refractivity contribution is 0.00578. The van der Waals surface area contributed by atoms with Crippen LogP contribution in [0.1, 0.15) is 27.7 Å². The maximum atomic E-state index is 6.35. The molecule has 7 rings (SSSR count). The molecule has 1 aliphatic rings. The van der Waals surface area contributed by atoms with Crippen molar-refractivity contribution in [2.24, 2.45) is 0 Å². The van der Waals surface area contributed by atoms with E-state index in [0.29, 0.717) is 0 Å². The highest BCUT2D eigenvalue weighted by molar-refractivity contribution is 6.62. The highest BCUT2D eigenvalue weighted by Gasteiger charge is 2.51. The van der Waals surface area contributed by atoms with Crippen LogP contribution in [-0.4, -0.2) is 23.3 Å². The molecule has 0 N–H and O–H groups in total. The summed E-state index contributed by atoms with van der Waals surface area (Å²) >= 11 is 0. The minimum Gasteiger partial charge on any atom is -0.456 e. The Morgan fingerprint density at radius 3 is 2.11 bits per heavy atom. The van der Waals surface area contributed by atoms with Crippen LogP contribution in [0.2, 0.25) is 0 Å². The Balaban J connectivity index is 1.56. The molecule has 0 spiro atoms. The number of benzene rings is 4. The summed E-state index contributed by atoms with van der Waals surface area (Å²) in [6, 6.07) is 29.2. The fraction of sp³-hybridized carbons (Fsp3) is 0.194. The van der Waals surface area contributed by atoms with Crippen molar-refractivity contribution in [2.45, 2.75) is 38.9 Å². The van der Waals surface area contributed by atoms with E-state index >= 15 is 0 Å². The highest BCUT2D eigenvalue weighted by Crippen LogP contribution is 2.41. The molecule has 0 bridgehead atoms. The molecule has 5 heteroatoms. The Morgan fingerprint density at radius 1 is 0.639 bits per heavy atom. The van der Waals surface area contributed by atoms with Gasteiger partial charge in [-0.15, -0.1) is 0 Å². The van der Waals surface area contributed by atoms with Crippen molar-refractivity contribution in [3.8, 4) is 11.3 Å². The summed E-state index contributed by atoms with van der Waals surface area (Å²) in [5.41, 5.74) is 4.88. The Morgan fingerprint density at radius 2 is 1.33 bits per heavy atom. The van der Waals surface area contributed by atoms with E-state index < -0.39 is 18.3 Å². The van der Waals surface area contributed by atoms with Gasteiger partial charge in [0.15, 0.2) is 0 Å². The quantitative estimate of drug-likeness (QED) is 0.197. The molecule has 176 valence electrons. The van der Waals surface area contributed by atoms with Crippen molar-refractivity contribution >= 4 is 56.2 Å². The van der Waals surface area contributed by atoms with Crippen molar-refractivity contribution in [1.82, 2.24) is 4.98 Å². The van der Waals surface area contributed by atoms with Gasteiger partial charge in [0.05, 0.1) is 22.4 Å². The Bertz CT molecular complexity index is 1790. The molecule has 4 nitrogen and oxygen atoms in total. The number of nitrogens with zero attached hydrogens (tertiary/aromatic N) is 1. The van der Waals surface area contributed by atoms with Crippen LogP contribution in [-0.2, 0) is 9.31 Å². The molecule has 3 heterocycles. The second kappa shape index (κ2) is 7.42. The normalized spacial score (nSPS) is 17.1. The highest BCUT2D eigenvalue weighted by atomic mass is 16.7. The molecule has 0 amide bonds. The Kier molecular flexibility index (Phi) is 4.45. The van der Waals surface area contributed by atoms with Crippen molar-refractivity contribution in [2.75, 3.05) is 0 Å². The molecule has 0 atom stereocenters. The molecule has 6 aromatic rings. The first-order valence-corrected chi connectivity index (χ1v) is 12.4. The lowest BCUT2D eigenvalue weighted by atomic mass is 9.78. The second-order valence-electron chi connectivity index (χ2n) is 10.7. The second-order valence-corrected chi connectivity index (χ2v) is 10.7. The van der Waals surface area contributed by atoms with E-state index in [1.54, 1.807) is 0 Å². The SMILES string of the molecule is CC1(C)OB(c2ccc3c(c2)nc(-c2ccccc2)c2ccc4oc5ccccc5c4c23)OC1(C)C. The van der Waals surface area contributed by atoms with Crippen molar-refractivity contribution < 1.29 is 13.7 Å². The molecule has 0 aliphatic carbocycles. The molecular weight excluding hydrogens is 445 g/mol. The van der Waals surface area contributed by atoms with Crippen LogP contribution in [0.4, 0.5) is 0 Å². The fourth-order valence-corrected chi connectivity index (χ4v) is 5.27. The molecule has 36 heavy (non-hydrogen) atoms. The number of rotatable bonds is 2. The van der Waals surface area contributed by atoms with E-state index in [1.807, 2.05) is 18.2 Å². The Labute approximate surface area is 210 Å². The van der Waals surface area contributed by atoms with Crippen LogP contribution >= 0.6 is 0 Å². The molecule has 1 aliphatic heterocycles. The number of hydrogen-bond donors (Lipinski definition) is 0. The number of furan rings is 1. The topological polar surface area (TPSA) is 44.5 Å². The third kappa shape index (κ3) is 3.06. The van der Waals surface area contributed by atoms with Gasteiger partial charge < -0.3 is 13.7 Å². The first-order chi connectivity index (χ1) is 17.3. The summed E-state index contributed by atoms with van der Waals surface area (Å²) in [6.45, 7) is 8.31. The van der Waals surface area contributed by atoms with Gasteiger partial charge in [-0.1, -0.05) is 60.7 Å². The summed E-state index contributed by atoms with van der Waals surface area (Å²) in [5.74, 6) is 0. The maximum absolute atomic E-state index is 6.35. The molecular formula is C31H26BNO3. The molecule has 1 fully saturated rings. The van der Waals surface area contributed by atoms with Crippen LogP contribution in [0.25, 0.3) is 54.9 Å². The first-order valence-electron chi connectivity index (χ1n) is 12.4. The van der Waals surface area contributed by atoms with Gasteiger partial charge in [0.2, 0.25) is 0 Å². The molecule has 0 radical (unpaired) electrons. The van der Waals surface area contributed by atoms with Crippen molar-refractivity contribution in [3.63, 3.8) is 0 Å². The van der Waals surface area contributed by atoms with E-state index in [0.717, 1.165) is 60.3 Å². The lowest BCUT2D eigenvalue weighted by Crippen LogP contribution is -2.41. The zero-order chi connectivity index (χ0) is 24.7. The van der Waals surface area contributed by atoms with E-state index in [4.69, 9.17) is 18.7 Å². The standard InChI is InChI=1S/C31H26BNO3/c1-30(2)31(3,4)36-32(35-30)20-14-15-21-24(18-20)33-29(19-10-6-5-7-11-19)23-16-17-26-28(27(21)23)22-12-8-9-13-25(22)34-26/h5-18H,1-4H3. The van der Waals surface area contributed by atoms with E-state index in [2.05, 4.69) is 94.4 Å². The predicted molar refractivity (Wildman–Crippen MR) is 148 cm³/mol. The van der Waals surface area contributed by atoms with Gasteiger partial charge in [-0.25, -0.2) is 4.98 Å².